The van der Waals surface area contributed by atoms with Gasteiger partial charge in [-0.2, -0.15) is 0 Å². The molecule has 1 fully saturated rings. The highest BCUT2D eigenvalue weighted by Crippen LogP contribution is 2.23. The van der Waals surface area contributed by atoms with Gasteiger partial charge in [-0.3, -0.25) is 9.59 Å². The number of amides is 1. The predicted octanol–water partition coefficient (Wildman–Crippen LogP) is 0.426. The maximum absolute atomic E-state index is 12.3. The van der Waals surface area contributed by atoms with E-state index < -0.39 is 17.1 Å². The van der Waals surface area contributed by atoms with Gasteiger partial charge in [0, 0.05) is 12.7 Å². The molecule has 2 heterocycles. The van der Waals surface area contributed by atoms with Gasteiger partial charge in [-0.25, -0.2) is 4.98 Å². The molecular weight excluding hydrogens is 298 g/mol. The van der Waals surface area contributed by atoms with Crippen LogP contribution in [0.3, 0.4) is 0 Å². The third-order valence-electron chi connectivity index (χ3n) is 3.82. The number of hydrogen-bond donors (Lipinski definition) is 2. The van der Waals surface area contributed by atoms with Gasteiger partial charge in [-0.05, 0) is 18.6 Å². The van der Waals surface area contributed by atoms with E-state index >= 15 is 0 Å². The number of rotatable bonds is 4. The number of carbonyl (C=O) groups is 1. The van der Waals surface area contributed by atoms with E-state index in [4.69, 9.17) is 4.74 Å². The van der Waals surface area contributed by atoms with E-state index in [1.807, 2.05) is 18.2 Å². The van der Waals surface area contributed by atoms with Gasteiger partial charge in [0.15, 0.2) is 0 Å². The first-order chi connectivity index (χ1) is 11.1. The van der Waals surface area contributed by atoms with E-state index in [9.17, 15) is 14.7 Å². The van der Waals surface area contributed by atoms with Crippen LogP contribution in [0, 0.1) is 0 Å². The summed E-state index contributed by atoms with van der Waals surface area (Å²) < 4.78 is 5.58. The number of aromatic amines is 1. The summed E-state index contributed by atoms with van der Waals surface area (Å²) in [5.41, 5.74) is -1.64. The van der Waals surface area contributed by atoms with E-state index in [1.54, 1.807) is 12.1 Å². The number of hydrogen-bond acceptors (Lipinski definition) is 5. The van der Waals surface area contributed by atoms with E-state index in [0.29, 0.717) is 18.7 Å². The van der Waals surface area contributed by atoms with Crippen LogP contribution in [0.25, 0.3) is 0 Å². The number of H-pyrrole nitrogens is 1. The Labute approximate surface area is 132 Å². The van der Waals surface area contributed by atoms with Crippen LogP contribution in [0.1, 0.15) is 16.8 Å². The normalized spacial score (nSPS) is 20.5. The number of likely N-dealkylation sites (tertiary alicyclic amines) is 1. The maximum Gasteiger partial charge on any atom is 0.263 e. The van der Waals surface area contributed by atoms with Gasteiger partial charge in [0.25, 0.3) is 11.5 Å². The lowest BCUT2D eigenvalue weighted by atomic mass is 10.1. The third kappa shape index (κ3) is 3.40. The molecule has 3 rings (SSSR count). The zero-order chi connectivity index (χ0) is 16.3. The van der Waals surface area contributed by atoms with Gasteiger partial charge >= 0.3 is 0 Å². The summed E-state index contributed by atoms with van der Waals surface area (Å²) in [7, 11) is 0. The monoisotopic (exact) mass is 315 g/mol. The van der Waals surface area contributed by atoms with Crippen molar-refractivity contribution in [2.24, 2.45) is 0 Å². The van der Waals surface area contributed by atoms with Crippen LogP contribution in [0.15, 0.2) is 47.7 Å². The summed E-state index contributed by atoms with van der Waals surface area (Å²) in [5.74, 6) is 0.226. The van der Waals surface area contributed by atoms with Crippen molar-refractivity contribution in [3.8, 4) is 5.75 Å². The third-order valence-corrected chi connectivity index (χ3v) is 3.82. The molecule has 0 bridgehead atoms. The fourth-order valence-electron chi connectivity index (χ4n) is 2.55. The lowest BCUT2D eigenvalue weighted by molar-refractivity contribution is 0.00428. The molecular formula is C16H17N3O4. The highest BCUT2D eigenvalue weighted by Gasteiger charge is 2.39. The smallest absolute Gasteiger partial charge is 0.263 e. The van der Waals surface area contributed by atoms with Gasteiger partial charge in [0.2, 0.25) is 0 Å². The maximum atomic E-state index is 12.3. The molecule has 1 aliphatic heterocycles. The number of nitrogens with zero attached hydrogens (tertiary/aromatic N) is 2. The Hall–Kier alpha value is -2.67. The zero-order valence-electron chi connectivity index (χ0n) is 12.4. The molecule has 7 nitrogen and oxygen atoms in total. The Balaban J connectivity index is 1.64. The molecule has 120 valence electrons. The van der Waals surface area contributed by atoms with Crippen molar-refractivity contribution in [1.29, 1.82) is 0 Å². The molecule has 1 amide bonds. The lowest BCUT2D eigenvalue weighted by Crippen LogP contribution is -2.41. The van der Waals surface area contributed by atoms with Crippen LogP contribution in [0.4, 0.5) is 0 Å². The van der Waals surface area contributed by atoms with E-state index in [-0.39, 0.29) is 18.7 Å². The van der Waals surface area contributed by atoms with Crippen LogP contribution in [0.2, 0.25) is 0 Å². The number of aromatic nitrogens is 2. The highest BCUT2D eigenvalue weighted by atomic mass is 16.5. The molecule has 0 aliphatic carbocycles. The quantitative estimate of drug-likeness (QED) is 0.853. The van der Waals surface area contributed by atoms with Crippen molar-refractivity contribution >= 4 is 5.91 Å². The molecule has 0 unspecified atom stereocenters. The summed E-state index contributed by atoms with van der Waals surface area (Å²) in [6.45, 7) is 0.568. The SMILES string of the molecule is O=C(c1cnc[nH]c1=O)N1CC[C@](O)(COc2ccccc2)C1. The second-order valence-corrected chi connectivity index (χ2v) is 5.60. The minimum atomic E-state index is -1.12. The Kier molecular flexibility index (Phi) is 4.12. The number of nitrogens with one attached hydrogen (secondary N) is 1. The molecule has 2 N–H and O–H groups in total. The average molecular weight is 315 g/mol. The Bertz CT molecular complexity index is 746. The highest BCUT2D eigenvalue weighted by molar-refractivity contribution is 5.93. The van der Waals surface area contributed by atoms with Crippen molar-refractivity contribution < 1.29 is 14.6 Å². The van der Waals surface area contributed by atoms with Gasteiger partial charge in [0.1, 0.15) is 23.5 Å². The number of aliphatic hydroxyl groups is 1. The minimum absolute atomic E-state index is 0.0271. The van der Waals surface area contributed by atoms with Crippen molar-refractivity contribution in [3.05, 3.63) is 58.8 Å². The standard InChI is InChI=1S/C16H17N3O4/c20-14-13(8-17-11-18-14)15(21)19-7-6-16(22,9-19)10-23-12-4-2-1-3-5-12/h1-5,8,11,22H,6-7,9-10H2,(H,17,18,20)/t16-/m1/s1. The molecule has 1 aliphatic rings. The second kappa shape index (κ2) is 6.21. The first-order valence-electron chi connectivity index (χ1n) is 7.30. The van der Waals surface area contributed by atoms with Crippen molar-refractivity contribution in [1.82, 2.24) is 14.9 Å². The van der Waals surface area contributed by atoms with Crippen LogP contribution in [0.5, 0.6) is 5.75 Å². The molecule has 1 saturated heterocycles. The molecule has 0 radical (unpaired) electrons. The zero-order valence-corrected chi connectivity index (χ0v) is 12.4. The Morgan fingerprint density at radius 1 is 1.39 bits per heavy atom. The average Bonchev–Trinajstić information content (AvgIpc) is 2.97. The van der Waals surface area contributed by atoms with Gasteiger partial charge in [-0.15, -0.1) is 0 Å². The van der Waals surface area contributed by atoms with Gasteiger partial charge < -0.3 is 19.7 Å². The van der Waals surface area contributed by atoms with Crippen LogP contribution in [-0.2, 0) is 0 Å². The molecule has 2 aromatic rings. The van der Waals surface area contributed by atoms with Crippen LogP contribution in [-0.4, -0.2) is 51.2 Å². The second-order valence-electron chi connectivity index (χ2n) is 5.60. The summed E-state index contributed by atoms with van der Waals surface area (Å²) in [6, 6.07) is 9.17. The lowest BCUT2D eigenvalue weighted by Gasteiger charge is -2.23. The molecule has 23 heavy (non-hydrogen) atoms. The first-order valence-corrected chi connectivity index (χ1v) is 7.30. The predicted molar refractivity (Wildman–Crippen MR) is 82.3 cm³/mol. The van der Waals surface area contributed by atoms with Crippen LogP contribution < -0.4 is 10.3 Å². The molecule has 1 atom stereocenters. The fourth-order valence-corrected chi connectivity index (χ4v) is 2.55. The summed E-state index contributed by atoms with van der Waals surface area (Å²) in [6.07, 6.45) is 2.86. The topological polar surface area (TPSA) is 95.5 Å². The van der Waals surface area contributed by atoms with Crippen molar-refractivity contribution in [2.75, 3.05) is 19.7 Å². The minimum Gasteiger partial charge on any atom is -0.491 e. The number of β-amino-alcohol motifs (C(OH)–C–C–N with tert-alkyl or cyclic N) is 1. The number of benzene rings is 1. The van der Waals surface area contributed by atoms with E-state index in [2.05, 4.69) is 9.97 Å². The summed E-state index contributed by atoms with van der Waals surface area (Å²) >= 11 is 0. The first kappa shape index (κ1) is 15.2. The number of carbonyl (C=O) groups excluding carboxylic acids is 1. The van der Waals surface area contributed by atoms with Gasteiger partial charge in [-0.1, -0.05) is 18.2 Å². The summed E-state index contributed by atoms with van der Waals surface area (Å²) in [4.78, 5) is 31.6. The fraction of sp³-hybridized carbons (Fsp3) is 0.312. The molecule has 0 spiro atoms. The van der Waals surface area contributed by atoms with E-state index in [1.165, 1.54) is 17.4 Å². The van der Waals surface area contributed by atoms with Gasteiger partial charge in [0.05, 0.1) is 12.9 Å². The molecule has 1 aromatic heterocycles. The number of ether oxygens (including phenoxy) is 1. The Morgan fingerprint density at radius 2 is 2.17 bits per heavy atom. The van der Waals surface area contributed by atoms with E-state index in [0.717, 1.165) is 0 Å². The van der Waals surface area contributed by atoms with Crippen molar-refractivity contribution in [3.63, 3.8) is 0 Å². The number of para-hydroxylation sites is 1. The van der Waals surface area contributed by atoms with Crippen molar-refractivity contribution in [2.45, 2.75) is 12.0 Å². The summed E-state index contributed by atoms with van der Waals surface area (Å²) in [5, 5.41) is 10.6. The largest absolute Gasteiger partial charge is 0.491 e. The molecule has 1 aromatic carbocycles. The molecule has 0 saturated carbocycles. The Morgan fingerprint density at radius 3 is 2.91 bits per heavy atom. The van der Waals surface area contributed by atoms with Crippen LogP contribution >= 0.6 is 0 Å². The molecule has 7 heteroatoms.